The second kappa shape index (κ2) is 6.31. The first-order chi connectivity index (χ1) is 9.88. The Labute approximate surface area is 122 Å². The number of benzene rings is 2. The molecule has 0 aromatic heterocycles. The molecule has 0 radical (unpaired) electrons. The summed E-state index contributed by atoms with van der Waals surface area (Å²) in [7, 11) is 0. The van der Waals surface area contributed by atoms with Crippen molar-refractivity contribution in [3.8, 4) is 0 Å². The lowest BCUT2D eigenvalue weighted by Crippen LogP contribution is -2.08. The van der Waals surface area contributed by atoms with Gasteiger partial charge >= 0.3 is 0 Å². The number of aliphatic hydroxyl groups is 1. The molecule has 1 atom stereocenters. The number of aliphatic hydroxyl groups excluding tert-OH is 1. The molecule has 0 spiro atoms. The molecule has 1 unspecified atom stereocenters. The van der Waals surface area contributed by atoms with E-state index in [1.54, 1.807) is 0 Å². The Bertz CT molecular complexity index is 597. The highest BCUT2D eigenvalue weighted by atomic mass is 19.1. The van der Waals surface area contributed by atoms with Gasteiger partial charge in [-0.05, 0) is 17.0 Å². The normalized spacial score (nSPS) is 12.7. The highest BCUT2D eigenvalue weighted by Gasteiger charge is 2.19. The molecule has 4 heteroatoms. The molecule has 0 aliphatic carbocycles. The van der Waals surface area contributed by atoms with E-state index in [-0.39, 0.29) is 6.42 Å². The molecule has 0 heterocycles. The molecule has 2 aromatic carbocycles. The molecule has 0 saturated carbocycles. The van der Waals surface area contributed by atoms with Gasteiger partial charge in [0, 0.05) is 18.6 Å². The third-order valence-electron chi connectivity index (χ3n) is 3.45. The third-order valence-corrected chi connectivity index (χ3v) is 3.45. The van der Waals surface area contributed by atoms with Gasteiger partial charge < -0.3 is 5.11 Å². The second-order valence-corrected chi connectivity index (χ2v) is 5.40. The fourth-order valence-corrected chi connectivity index (χ4v) is 2.24. The van der Waals surface area contributed by atoms with Crippen LogP contribution in [0.2, 0.25) is 0 Å². The number of rotatable bonds is 4. The first kappa shape index (κ1) is 15.6. The standard InChI is InChI=1S/C17H17F3O/c1-10(2)12-5-3-11(4-6-12)7-16(21)17-14(19)8-13(18)9-15(17)20/h3-6,8-10,16,21H,7H2,1-2H3. The van der Waals surface area contributed by atoms with Crippen LogP contribution in [0.4, 0.5) is 13.2 Å². The van der Waals surface area contributed by atoms with Crippen LogP contribution in [0, 0.1) is 17.5 Å². The second-order valence-electron chi connectivity index (χ2n) is 5.40. The third kappa shape index (κ3) is 3.64. The van der Waals surface area contributed by atoms with Gasteiger partial charge in [-0.15, -0.1) is 0 Å². The maximum Gasteiger partial charge on any atom is 0.134 e. The van der Waals surface area contributed by atoms with Crippen molar-refractivity contribution in [3.63, 3.8) is 0 Å². The molecule has 1 N–H and O–H groups in total. The molecule has 0 amide bonds. The van der Waals surface area contributed by atoms with Gasteiger partial charge in [-0.3, -0.25) is 0 Å². The van der Waals surface area contributed by atoms with Crippen molar-refractivity contribution in [1.82, 2.24) is 0 Å². The lowest BCUT2D eigenvalue weighted by molar-refractivity contribution is 0.168. The van der Waals surface area contributed by atoms with E-state index in [1.165, 1.54) is 0 Å². The van der Waals surface area contributed by atoms with Gasteiger partial charge in [0.25, 0.3) is 0 Å². The van der Waals surface area contributed by atoms with Crippen molar-refractivity contribution >= 4 is 0 Å². The average Bonchev–Trinajstić information content (AvgIpc) is 2.37. The van der Waals surface area contributed by atoms with Crippen molar-refractivity contribution in [2.45, 2.75) is 32.3 Å². The van der Waals surface area contributed by atoms with E-state index in [9.17, 15) is 18.3 Å². The fraction of sp³-hybridized carbons (Fsp3) is 0.294. The Hall–Kier alpha value is -1.81. The number of hydrogen-bond donors (Lipinski definition) is 1. The average molecular weight is 294 g/mol. The van der Waals surface area contributed by atoms with Gasteiger partial charge in [-0.2, -0.15) is 0 Å². The molecule has 2 rings (SSSR count). The first-order valence-electron chi connectivity index (χ1n) is 6.80. The van der Waals surface area contributed by atoms with Crippen LogP contribution in [0.3, 0.4) is 0 Å². The Balaban J connectivity index is 2.20. The van der Waals surface area contributed by atoms with Crippen LogP contribution < -0.4 is 0 Å². The summed E-state index contributed by atoms with van der Waals surface area (Å²) in [4.78, 5) is 0. The topological polar surface area (TPSA) is 20.2 Å². The van der Waals surface area contributed by atoms with E-state index in [4.69, 9.17) is 0 Å². The first-order valence-corrected chi connectivity index (χ1v) is 6.80. The Kier molecular flexibility index (Phi) is 4.68. The van der Waals surface area contributed by atoms with Crippen LogP contribution in [0.25, 0.3) is 0 Å². The maximum absolute atomic E-state index is 13.6. The maximum atomic E-state index is 13.6. The van der Waals surface area contributed by atoms with E-state index in [0.717, 1.165) is 11.1 Å². The van der Waals surface area contributed by atoms with Crippen LogP contribution >= 0.6 is 0 Å². The van der Waals surface area contributed by atoms with Gasteiger partial charge in [-0.25, -0.2) is 13.2 Å². The van der Waals surface area contributed by atoms with Gasteiger partial charge in [-0.1, -0.05) is 38.1 Å². The van der Waals surface area contributed by atoms with Crippen molar-refractivity contribution in [2.24, 2.45) is 0 Å². The zero-order chi connectivity index (χ0) is 15.6. The molecule has 2 aromatic rings. The largest absolute Gasteiger partial charge is 0.388 e. The smallest absolute Gasteiger partial charge is 0.134 e. The van der Waals surface area contributed by atoms with Crippen LogP contribution in [-0.2, 0) is 6.42 Å². The molecule has 112 valence electrons. The predicted octanol–water partition coefficient (Wildman–Crippen LogP) is 4.50. The molecule has 0 aliphatic rings. The molecular formula is C17H17F3O. The van der Waals surface area contributed by atoms with Crippen molar-refractivity contribution in [1.29, 1.82) is 0 Å². The quantitative estimate of drug-likeness (QED) is 0.880. The lowest BCUT2D eigenvalue weighted by Gasteiger charge is -2.14. The molecule has 1 nitrogen and oxygen atoms in total. The molecular weight excluding hydrogens is 277 g/mol. The zero-order valence-corrected chi connectivity index (χ0v) is 11.9. The summed E-state index contributed by atoms with van der Waals surface area (Å²) >= 11 is 0. The van der Waals surface area contributed by atoms with Gasteiger partial charge in [0.15, 0.2) is 0 Å². The minimum Gasteiger partial charge on any atom is -0.388 e. The summed E-state index contributed by atoms with van der Waals surface area (Å²) in [6.07, 6.45) is -1.28. The summed E-state index contributed by atoms with van der Waals surface area (Å²) in [6.45, 7) is 4.13. The highest BCUT2D eigenvalue weighted by molar-refractivity contribution is 5.28. The molecule has 0 aliphatic heterocycles. The van der Waals surface area contributed by atoms with Crippen LogP contribution in [0.15, 0.2) is 36.4 Å². The Morgan fingerprint density at radius 3 is 1.95 bits per heavy atom. The summed E-state index contributed by atoms with van der Waals surface area (Å²) in [5.41, 5.74) is 1.41. The van der Waals surface area contributed by atoms with Crippen molar-refractivity contribution in [2.75, 3.05) is 0 Å². The minimum absolute atomic E-state index is 0.0673. The van der Waals surface area contributed by atoms with Gasteiger partial charge in [0.05, 0.1) is 11.7 Å². The van der Waals surface area contributed by atoms with Crippen LogP contribution in [-0.4, -0.2) is 5.11 Å². The predicted molar refractivity (Wildman–Crippen MR) is 75.5 cm³/mol. The molecule has 21 heavy (non-hydrogen) atoms. The summed E-state index contributed by atoms with van der Waals surface area (Å²) in [5, 5.41) is 10.0. The highest BCUT2D eigenvalue weighted by Crippen LogP contribution is 2.25. The summed E-state index contributed by atoms with van der Waals surface area (Å²) < 4.78 is 40.0. The Morgan fingerprint density at radius 1 is 0.952 bits per heavy atom. The molecule has 0 bridgehead atoms. The van der Waals surface area contributed by atoms with E-state index in [2.05, 4.69) is 13.8 Å². The van der Waals surface area contributed by atoms with Crippen LogP contribution in [0.5, 0.6) is 0 Å². The van der Waals surface area contributed by atoms with Crippen molar-refractivity contribution < 1.29 is 18.3 Å². The monoisotopic (exact) mass is 294 g/mol. The summed E-state index contributed by atoms with van der Waals surface area (Å²) in [6, 6.07) is 8.62. The zero-order valence-electron chi connectivity index (χ0n) is 11.9. The SMILES string of the molecule is CC(C)c1ccc(CC(O)c2c(F)cc(F)cc2F)cc1. The summed E-state index contributed by atoms with van der Waals surface area (Å²) in [5.74, 6) is -2.75. The van der Waals surface area contributed by atoms with Crippen molar-refractivity contribution in [3.05, 3.63) is 70.5 Å². The van der Waals surface area contributed by atoms with Gasteiger partial charge in [0.1, 0.15) is 17.5 Å². The van der Waals surface area contributed by atoms with E-state index in [1.807, 2.05) is 24.3 Å². The van der Waals surface area contributed by atoms with E-state index < -0.39 is 29.1 Å². The van der Waals surface area contributed by atoms with E-state index >= 15 is 0 Å². The fourth-order valence-electron chi connectivity index (χ4n) is 2.24. The number of hydrogen-bond acceptors (Lipinski definition) is 1. The molecule has 0 fully saturated rings. The number of halogens is 3. The van der Waals surface area contributed by atoms with E-state index in [0.29, 0.717) is 18.1 Å². The lowest BCUT2D eigenvalue weighted by atomic mass is 9.97. The molecule has 0 saturated heterocycles. The van der Waals surface area contributed by atoms with Crippen LogP contribution in [0.1, 0.15) is 42.6 Å². The minimum atomic E-state index is -1.35. The van der Waals surface area contributed by atoms with Gasteiger partial charge in [0.2, 0.25) is 0 Å². The Morgan fingerprint density at radius 2 is 1.48 bits per heavy atom.